The van der Waals surface area contributed by atoms with Gasteiger partial charge in [0.1, 0.15) is 11.9 Å². The second-order valence-corrected chi connectivity index (χ2v) is 4.98. The Bertz CT molecular complexity index is 515. The summed E-state index contributed by atoms with van der Waals surface area (Å²) in [6, 6.07) is -0.436. The molecule has 2 heterocycles. The number of carboxylic acid groups (broad SMARTS) is 1. The normalized spacial score (nSPS) is 22.0. The molecule has 1 atom stereocenters. The van der Waals surface area contributed by atoms with E-state index in [-0.39, 0.29) is 0 Å². The Morgan fingerprint density at radius 1 is 1.55 bits per heavy atom. The van der Waals surface area contributed by atoms with Crippen molar-refractivity contribution in [2.75, 3.05) is 11.9 Å². The number of aromatic nitrogens is 3. The van der Waals surface area contributed by atoms with Gasteiger partial charge in [-0.1, -0.05) is 13.3 Å². The zero-order valence-corrected chi connectivity index (χ0v) is 11.7. The maximum Gasteiger partial charge on any atom is 0.329 e. The Kier molecular flexibility index (Phi) is 3.91. The SMILES string of the molecule is CCCC1(C(=O)O)CCCN1C(=O)Nc1ncnn1C. The molecule has 0 aromatic carbocycles. The summed E-state index contributed by atoms with van der Waals surface area (Å²) in [6.07, 6.45) is 3.67. The van der Waals surface area contributed by atoms with Crippen LogP contribution in [0.5, 0.6) is 0 Å². The van der Waals surface area contributed by atoms with E-state index in [1.807, 2.05) is 6.92 Å². The molecule has 0 radical (unpaired) electrons. The zero-order chi connectivity index (χ0) is 14.8. The molecule has 1 aromatic heterocycles. The van der Waals surface area contributed by atoms with Crippen LogP contribution in [-0.4, -0.2) is 48.9 Å². The average Bonchev–Trinajstić information content (AvgIpc) is 2.98. The fourth-order valence-electron chi connectivity index (χ4n) is 2.75. The quantitative estimate of drug-likeness (QED) is 0.859. The number of nitrogens with one attached hydrogen (secondary N) is 1. The number of hydrogen-bond donors (Lipinski definition) is 2. The van der Waals surface area contributed by atoms with E-state index in [1.54, 1.807) is 7.05 Å². The van der Waals surface area contributed by atoms with Crippen LogP contribution in [0.3, 0.4) is 0 Å². The molecule has 8 heteroatoms. The van der Waals surface area contributed by atoms with Gasteiger partial charge in [0, 0.05) is 13.6 Å². The molecule has 1 unspecified atom stereocenters. The van der Waals surface area contributed by atoms with Gasteiger partial charge in [0.05, 0.1) is 0 Å². The van der Waals surface area contributed by atoms with Gasteiger partial charge in [0.25, 0.3) is 0 Å². The topological polar surface area (TPSA) is 100 Å². The number of amides is 2. The number of anilines is 1. The second-order valence-electron chi connectivity index (χ2n) is 4.98. The van der Waals surface area contributed by atoms with Gasteiger partial charge < -0.3 is 10.0 Å². The van der Waals surface area contributed by atoms with Crippen LogP contribution in [-0.2, 0) is 11.8 Å². The van der Waals surface area contributed by atoms with E-state index in [9.17, 15) is 14.7 Å². The van der Waals surface area contributed by atoms with Crippen LogP contribution in [0.25, 0.3) is 0 Å². The lowest BCUT2D eigenvalue weighted by Gasteiger charge is -2.34. The molecule has 2 N–H and O–H groups in total. The summed E-state index contributed by atoms with van der Waals surface area (Å²) in [5.41, 5.74) is -1.10. The minimum atomic E-state index is -1.10. The van der Waals surface area contributed by atoms with Crippen LogP contribution in [0.4, 0.5) is 10.7 Å². The number of carboxylic acids is 1. The van der Waals surface area contributed by atoms with Crippen molar-refractivity contribution in [1.82, 2.24) is 19.7 Å². The van der Waals surface area contributed by atoms with Crippen LogP contribution in [0.15, 0.2) is 6.33 Å². The average molecular weight is 281 g/mol. The summed E-state index contributed by atoms with van der Waals surface area (Å²) in [6.45, 7) is 2.36. The molecule has 1 aromatic rings. The van der Waals surface area contributed by atoms with E-state index in [0.29, 0.717) is 38.2 Å². The van der Waals surface area contributed by atoms with Gasteiger partial charge in [-0.05, 0) is 19.3 Å². The number of nitrogens with zero attached hydrogens (tertiary/aromatic N) is 4. The Labute approximate surface area is 116 Å². The van der Waals surface area contributed by atoms with Gasteiger partial charge in [-0.2, -0.15) is 10.1 Å². The largest absolute Gasteiger partial charge is 0.479 e. The van der Waals surface area contributed by atoms with E-state index < -0.39 is 17.5 Å². The van der Waals surface area contributed by atoms with Crippen LogP contribution in [0.1, 0.15) is 32.6 Å². The number of urea groups is 1. The van der Waals surface area contributed by atoms with Crippen molar-refractivity contribution in [3.8, 4) is 0 Å². The van der Waals surface area contributed by atoms with Gasteiger partial charge >= 0.3 is 12.0 Å². The number of carbonyl (C=O) groups excluding carboxylic acids is 1. The molecular weight excluding hydrogens is 262 g/mol. The van der Waals surface area contributed by atoms with Crippen molar-refractivity contribution in [2.45, 2.75) is 38.1 Å². The summed E-state index contributed by atoms with van der Waals surface area (Å²) < 4.78 is 1.43. The molecule has 2 rings (SSSR count). The molecule has 20 heavy (non-hydrogen) atoms. The lowest BCUT2D eigenvalue weighted by atomic mass is 9.91. The number of likely N-dealkylation sites (tertiary alicyclic amines) is 1. The first kappa shape index (κ1) is 14.3. The molecule has 8 nitrogen and oxygen atoms in total. The predicted molar refractivity (Wildman–Crippen MR) is 71.2 cm³/mol. The molecule has 0 spiro atoms. The number of hydrogen-bond acceptors (Lipinski definition) is 4. The summed E-state index contributed by atoms with van der Waals surface area (Å²) in [4.78, 5) is 29.3. The molecule has 2 amide bonds. The van der Waals surface area contributed by atoms with Crippen LogP contribution in [0, 0.1) is 0 Å². The lowest BCUT2D eigenvalue weighted by Crippen LogP contribution is -2.54. The third kappa shape index (κ3) is 2.33. The van der Waals surface area contributed by atoms with Crippen molar-refractivity contribution in [2.24, 2.45) is 7.05 Å². The Balaban J connectivity index is 2.19. The highest BCUT2D eigenvalue weighted by atomic mass is 16.4. The third-order valence-corrected chi connectivity index (χ3v) is 3.73. The van der Waals surface area contributed by atoms with E-state index in [1.165, 1.54) is 15.9 Å². The molecule has 0 saturated carbocycles. The van der Waals surface area contributed by atoms with E-state index >= 15 is 0 Å². The Morgan fingerprint density at radius 2 is 2.30 bits per heavy atom. The maximum atomic E-state index is 12.3. The molecule has 1 aliphatic rings. The van der Waals surface area contributed by atoms with Crippen molar-refractivity contribution < 1.29 is 14.7 Å². The van der Waals surface area contributed by atoms with Crippen LogP contribution in [0.2, 0.25) is 0 Å². The van der Waals surface area contributed by atoms with Gasteiger partial charge in [-0.25, -0.2) is 14.3 Å². The van der Waals surface area contributed by atoms with Gasteiger partial charge in [0.15, 0.2) is 0 Å². The fourth-order valence-corrected chi connectivity index (χ4v) is 2.75. The maximum absolute atomic E-state index is 12.3. The predicted octanol–water partition coefficient (Wildman–Crippen LogP) is 1.07. The highest BCUT2D eigenvalue weighted by Gasteiger charge is 2.49. The summed E-state index contributed by atoms with van der Waals surface area (Å²) >= 11 is 0. The van der Waals surface area contributed by atoms with E-state index in [4.69, 9.17) is 0 Å². The van der Waals surface area contributed by atoms with Gasteiger partial charge in [0.2, 0.25) is 5.95 Å². The monoisotopic (exact) mass is 281 g/mol. The first-order valence-corrected chi connectivity index (χ1v) is 6.67. The third-order valence-electron chi connectivity index (χ3n) is 3.73. The number of aliphatic carboxylic acids is 1. The standard InChI is InChI=1S/C12H19N5O3/c1-3-5-12(9(18)19)6-4-7-17(12)11(20)15-10-13-8-14-16(10)2/h8H,3-7H2,1-2H3,(H,18,19)(H,13,14,15,20). The zero-order valence-electron chi connectivity index (χ0n) is 11.7. The smallest absolute Gasteiger partial charge is 0.329 e. The van der Waals surface area contributed by atoms with Gasteiger partial charge in [-0.3, -0.25) is 5.32 Å². The highest BCUT2D eigenvalue weighted by Crippen LogP contribution is 2.34. The minimum Gasteiger partial charge on any atom is -0.479 e. The molecule has 1 aliphatic heterocycles. The van der Waals surface area contributed by atoms with E-state index in [2.05, 4.69) is 15.4 Å². The number of aryl methyl sites for hydroxylation is 1. The molecule has 0 bridgehead atoms. The van der Waals surface area contributed by atoms with Crippen molar-refractivity contribution in [3.63, 3.8) is 0 Å². The van der Waals surface area contributed by atoms with Crippen molar-refractivity contribution in [3.05, 3.63) is 6.33 Å². The summed E-state index contributed by atoms with van der Waals surface area (Å²) in [7, 11) is 1.66. The molecule has 0 aliphatic carbocycles. The first-order valence-electron chi connectivity index (χ1n) is 6.67. The molecule has 110 valence electrons. The van der Waals surface area contributed by atoms with Crippen LogP contribution >= 0.6 is 0 Å². The summed E-state index contributed by atoms with van der Waals surface area (Å²) in [5.74, 6) is -0.636. The molecule has 1 saturated heterocycles. The second kappa shape index (κ2) is 5.48. The number of rotatable bonds is 4. The van der Waals surface area contributed by atoms with Crippen LogP contribution < -0.4 is 5.32 Å². The minimum absolute atomic E-state index is 0.303. The first-order chi connectivity index (χ1) is 9.51. The lowest BCUT2D eigenvalue weighted by molar-refractivity contribution is -0.148. The Morgan fingerprint density at radius 3 is 2.85 bits per heavy atom. The van der Waals surface area contributed by atoms with Crippen molar-refractivity contribution in [1.29, 1.82) is 0 Å². The highest BCUT2D eigenvalue weighted by molar-refractivity contribution is 5.93. The fraction of sp³-hybridized carbons (Fsp3) is 0.667. The Hall–Kier alpha value is -2.12. The summed E-state index contributed by atoms with van der Waals surface area (Å²) in [5, 5.41) is 16.0. The van der Waals surface area contributed by atoms with Gasteiger partial charge in [-0.15, -0.1) is 0 Å². The molecular formula is C12H19N5O3. The van der Waals surface area contributed by atoms with Crippen molar-refractivity contribution >= 4 is 17.9 Å². The molecule has 1 fully saturated rings. The van der Waals surface area contributed by atoms with E-state index in [0.717, 1.165) is 0 Å². The number of carbonyl (C=O) groups is 2.